The van der Waals surface area contributed by atoms with Gasteiger partial charge in [0.1, 0.15) is 0 Å². The van der Waals surface area contributed by atoms with Gasteiger partial charge < -0.3 is 0 Å². The van der Waals surface area contributed by atoms with Crippen LogP contribution in [-0.4, -0.2) is 0 Å². The largest absolute Gasteiger partial charge is 0.0654 e. The Labute approximate surface area is 90.5 Å². The van der Waals surface area contributed by atoms with E-state index < -0.39 is 0 Å². The fourth-order valence-electron chi connectivity index (χ4n) is 3.32. The van der Waals surface area contributed by atoms with Crippen LogP contribution in [-0.2, 0) is 0 Å². The third-order valence-electron chi connectivity index (χ3n) is 4.64. The Bertz CT molecular complexity index is 161. The molecule has 84 valence electrons. The van der Waals surface area contributed by atoms with E-state index >= 15 is 0 Å². The van der Waals surface area contributed by atoms with Crippen LogP contribution in [0.5, 0.6) is 0 Å². The lowest BCUT2D eigenvalue weighted by atomic mass is 9.87. The summed E-state index contributed by atoms with van der Waals surface area (Å²) < 4.78 is 0. The Morgan fingerprint density at radius 2 is 1.64 bits per heavy atom. The second kappa shape index (κ2) is 5.19. The Morgan fingerprint density at radius 1 is 1.00 bits per heavy atom. The van der Waals surface area contributed by atoms with Gasteiger partial charge in [-0.1, -0.05) is 60.3 Å². The molecule has 1 saturated carbocycles. The molecule has 0 aliphatic heterocycles. The van der Waals surface area contributed by atoms with E-state index in [0.29, 0.717) is 0 Å². The number of rotatable bonds is 6. The topological polar surface area (TPSA) is 0 Å². The van der Waals surface area contributed by atoms with Crippen molar-refractivity contribution < 1.29 is 0 Å². The van der Waals surface area contributed by atoms with Gasteiger partial charge in [0.05, 0.1) is 0 Å². The van der Waals surface area contributed by atoms with E-state index in [4.69, 9.17) is 0 Å². The fraction of sp³-hybridized carbons (Fsp3) is 1.00. The van der Waals surface area contributed by atoms with Crippen molar-refractivity contribution in [3.8, 4) is 0 Å². The van der Waals surface area contributed by atoms with Crippen molar-refractivity contribution in [2.75, 3.05) is 0 Å². The van der Waals surface area contributed by atoms with Crippen molar-refractivity contribution in [3.63, 3.8) is 0 Å². The Hall–Kier alpha value is 0. The molecule has 0 saturated heterocycles. The first-order valence-electron chi connectivity index (χ1n) is 6.67. The van der Waals surface area contributed by atoms with Gasteiger partial charge in [-0.25, -0.2) is 0 Å². The summed E-state index contributed by atoms with van der Waals surface area (Å²) >= 11 is 0. The molecule has 1 aliphatic rings. The Kier molecular flexibility index (Phi) is 4.47. The van der Waals surface area contributed by atoms with Crippen LogP contribution in [0, 0.1) is 29.6 Å². The van der Waals surface area contributed by atoms with Crippen molar-refractivity contribution >= 4 is 0 Å². The zero-order chi connectivity index (χ0) is 10.7. The molecule has 5 atom stereocenters. The summed E-state index contributed by atoms with van der Waals surface area (Å²) in [6.07, 6.45) is 5.62. The zero-order valence-corrected chi connectivity index (χ0v) is 10.7. The van der Waals surface area contributed by atoms with E-state index in [1.54, 1.807) is 0 Å². The van der Waals surface area contributed by atoms with Crippen LogP contribution in [0.1, 0.15) is 60.3 Å². The second-order valence-electron chi connectivity index (χ2n) is 5.35. The lowest BCUT2D eigenvalue weighted by molar-refractivity contribution is 0.311. The second-order valence-corrected chi connectivity index (χ2v) is 5.35. The highest BCUT2D eigenvalue weighted by Crippen LogP contribution is 2.56. The van der Waals surface area contributed by atoms with Crippen LogP contribution in [0.15, 0.2) is 0 Å². The molecule has 0 N–H and O–H groups in total. The SMILES string of the molecule is CCCC1C(CC)C1C(C)C(C)CC. The summed E-state index contributed by atoms with van der Waals surface area (Å²) in [4.78, 5) is 0. The van der Waals surface area contributed by atoms with E-state index in [-0.39, 0.29) is 0 Å². The van der Waals surface area contributed by atoms with E-state index in [0.717, 1.165) is 29.6 Å². The molecule has 0 spiro atoms. The molecule has 0 bridgehead atoms. The van der Waals surface area contributed by atoms with Crippen molar-refractivity contribution in [2.45, 2.75) is 60.3 Å². The maximum Gasteiger partial charge on any atom is -0.0324 e. The fourth-order valence-corrected chi connectivity index (χ4v) is 3.32. The lowest BCUT2D eigenvalue weighted by Crippen LogP contribution is -2.11. The molecule has 14 heavy (non-hydrogen) atoms. The molecule has 0 heteroatoms. The molecular weight excluding hydrogens is 168 g/mol. The summed E-state index contributed by atoms with van der Waals surface area (Å²) in [6.45, 7) is 11.9. The summed E-state index contributed by atoms with van der Waals surface area (Å²) in [5, 5.41) is 0. The van der Waals surface area contributed by atoms with Gasteiger partial charge in [0, 0.05) is 0 Å². The molecule has 0 aromatic carbocycles. The van der Waals surface area contributed by atoms with Crippen molar-refractivity contribution in [1.82, 2.24) is 0 Å². The van der Waals surface area contributed by atoms with Gasteiger partial charge in [0.25, 0.3) is 0 Å². The Morgan fingerprint density at radius 3 is 2.07 bits per heavy atom. The van der Waals surface area contributed by atoms with Crippen LogP contribution in [0.4, 0.5) is 0 Å². The molecule has 1 rings (SSSR count). The number of hydrogen-bond donors (Lipinski definition) is 0. The molecule has 0 radical (unpaired) electrons. The van der Waals surface area contributed by atoms with E-state index in [2.05, 4.69) is 34.6 Å². The maximum absolute atomic E-state index is 2.48. The zero-order valence-electron chi connectivity index (χ0n) is 10.7. The summed E-state index contributed by atoms with van der Waals surface area (Å²) in [5.74, 6) is 5.10. The predicted molar refractivity (Wildman–Crippen MR) is 64.3 cm³/mol. The van der Waals surface area contributed by atoms with Crippen LogP contribution in [0.25, 0.3) is 0 Å². The summed E-state index contributed by atoms with van der Waals surface area (Å²) in [5.41, 5.74) is 0. The quantitative estimate of drug-likeness (QED) is 0.575. The van der Waals surface area contributed by atoms with Gasteiger partial charge >= 0.3 is 0 Å². The molecule has 0 aromatic rings. The van der Waals surface area contributed by atoms with Crippen LogP contribution in [0.2, 0.25) is 0 Å². The van der Waals surface area contributed by atoms with Gasteiger partial charge in [0.15, 0.2) is 0 Å². The Balaban J connectivity index is 2.44. The third-order valence-corrected chi connectivity index (χ3v) is 4.64. The minimum absolute atomic E-state index is 0.927. The third kappa shape index (κ3) is 2.32. The normalized spacial score (nSPS) is 35.4. The van der Waals surface area contributed by atoms with E-state index in [1.165, 1.54) is 25.7 Å². The summed E-state index contributed by atoms with van der Waals surface area (Å²) in [7, 11) is 0. The molecule has 0 nitrogen and oxygen atoms in total. The van der Waals surface area contributed by atoms with Crippen molar-refractivity contribution in [2.24, 2.45) is 29.6 Å². The van der Waals surface area contributed by atoms with Crippen molar-refractivity contribution in [1.29, 1.82) is 0 Å². The molecule has 0 amide bonds. The first-order chi connectivity index (χ1) is 6.67. The monoisotopic (exact) mass is 196 g/mol. The van der Waals surface area contributed by atoms with Crippen LogP contribution in [0.3, 0.4) is 0 Å². The standard InChI is InChI=1S/C14H28/c1-6-9-13-12(8-3)14(13)11(5)10(4)7-2/h10-14H,6-9H2,1-5H3. The highest BCUT2D eigenvalue weighted by Gasteiger charge is 2.50. The first kappa shape index (κ1) is 12.1. The first-order valence-corrected chi connectivity index (χ1v) is 6.67. The molecule has 1 aliphatic carbocycles. The predicted octanol–water partition coefficient (Wildman–Crippen LogP) is 4.74. The van der Waals surface area contributed by atoms with E-state index in [9.17, 15) is 0 Å². The van der Waals surface area contributed by atoms with Gasteiger partial charge in [-0.2, -0.15) is 0 Å². The molecular formula is C14H28. The van der Waals surface area contributed by atoms with Gasteiger partial charge in [-0.3, -0.25) is 0 Å². The average Bonchev–Trinajstić information content (AvgIpc) is 2.89. The molecule has 1 fully saturated rings. The van der Waals surface area contributed by atoms with E-state index in [1.807, 2.05) is 0 Å². The van der Waals surface area contributed by atoms with Gasteiger partial charge in [-0.05, 0) is 29.6 Å². The minimum Gasteiger partial charge on any atom is -0.0654 e. The molecule has 0 heterocycles. The van der Waals surface area contributed by atoms with Crippen molar-refractivity contribution in [3.05, 3.63) is 0 Å². The summed E-state index contributed by atoms with van der Waals surface area (Å²) in [6, 6.07) is 0. The van der Waals surface area contributed by atoms with Crippen LogP contribution < -0.4 is 0 Å². The average molecular weight is 196 g/mol. The van der Waals surface area contributed by atoms with Gasteiger partial charge in [0.2, 0.25) is 0 Å². The molecule has 5 unspecified atom stereocenters. The smallest absolute Gasteiger partial charge is 0.0324 e. The highest BCUT2D eigenvalue weighted by molar-refractivity contribution is 4.98. The maximum atomic E-state index is 2.48. The molecule has 0 aromatic heterocycles. The van der Waals surface area contributed by atoms with Gasteiger partial charge in [-0.15, -0.1) is 0 Å². The lowest BCUT2D eigenvalue weighted by Gasteiger charge is -2.18. The highest BCUT2D eigenvalue weighted by atomic mass is 14.6. The number of hydrogen-bond acceptors (Lipinski definition) is 0. The van der Waals surface area contributed by atoms with Crippen LogP contribution >= 0.6 is 0 Å². The minimum atomic E-state index is 0.927.